The summed E-state index contributed by atoms with van der Waals surface area (Å²) < 4.78 is 4.80. The first-order valence-electron chi connectivity index (χ1n) is 6.25. The highest BCUT2D eigenvalue weighted by Crippen LogP contribution is 1.97. The van der Waals surface area contributed by atoms with Crippen LogP contribution in [0.2, 0.25) is 0 Å². The van der Waals surface area contributed by atoms with Gasteiger partial charge < -0.3 is 19.6 Å². The van der Waals surface area contributed by atoms with Gasteiger partial charge >= 0.3 is 5.97 Å². The van der Waals surface area contributed by atoms with Crippen molar-refractivity contribution in [1.29, 1.82) is 0 Å². The first kappa shape index (κ1) is 16.9. The Morgan fingerprint density at radius 1 is 1.11 bits per heavy atom. The van der Waals surface area contributed by atoms with Crippen LogP contribution in [0.1, 0.15) is 20.3 Å². The van der Waals surface area contributed by atoms with Gasteiger partial charge in [-0.3, -0.25) is 9.59 Å². The molecule has 0 aliphatic carbocycles. The van der Waals surface area contributed by atoms with Crippen LogP contribution in [-0.4, -0.2) is 73.2 Å². The average Bonchev–Trinajstić information content (AvgIpc) is 2.33. The summed E-state index contributed by atoms with van der Waals surface area (Å²) in [5.41, 5.74) is 0. The van der Waals surface area contributed by atoms with Crippen LogP contribution in [0.5, 0.6) is 0 Å². The molecule has 0 radical (unpaired) electrons. The van der Waals surface area contributed by atoms with E-state index < -0.39 is 5.97 Å². The molecule has 0 aromatic carbocycles. The fourth-order valence-electron chi connectivity index (χ4n) is 1.61. The molecule has 0 spiro atoms. The number of amides is 1. The molecule has 0 aromatic rings. The van der Waals surface area contributed by atoms with Crippen LogP contribution in [0, 0.1) is 0 Å². The Bertz CT molecular complexity index is 254. The van der Waals surface area contributed by atoms with E-state index in [0.29, 0.717) is 6.54 Å². The number of nitrogens with zero attached hydrogens (tertiary/aromatic N) is 2. The van der Waals surface area contributed by atoms with Crippen LogP contribution in [0.3, 0.4) is 0 Å². The Labute approximate surface area is 109 Å². The molecule has 0 saturated heterocycles. The summed E-state index contributed by atoms with van der Waals surface area (Å²) in [6, 6.07) is 0. The van der Waals surface area contributed by atoms with Crippen LogP contribution >= 0.6 is 0 Å². The molecule has 0 aliphatic heterocycles. The summed E-state index contributed by atoms with van der Waals surface area (Å²) in [4.78, 5) is 26.0. The number of carbonyl (C=O) groups is 2. The fourth-order valence-corrected chi connectivity index (χ4v) is 1.61. The molecule has 1 N–H and O–H groups in total. The molecule has 6 heteroatoms. The normalized spacial score (nSPS) is 10.7. The average molecular weight is 260 g/mol. The van der Waals surface area contributed by atoms with Crippen molar-refractivity contribution >= 4 is 11.9 Å². The lowest BCUT2D eigenvalue weighted by atomic mass is 10.3. The molecule has 0 unspecified atom stereocenters. The summed E-state index contributed by atoms with van der Waals surface area (Å²) >= 11 is 0. The first-order chi connectivity index (χ1) is 8.54. The molecule has 0 bridgehead atoms. The predicted octanol–water partition coefficient (Wildman–Crippen LogP) is 0.278. The summed E-state index contributed by atoms with van der Waals surface area (Å²) in [6.07, 6.45) is -0.0340. The number of likely N-dealkylation sites (N-methyl/N-ethyl adjacent to an activating group) is 1. The van der Waals surface area contributed by atoms with Crippen LogP contribution in [0.25, 0.3) is 0 Å². The van der Waals surface area contributed by atoms with Gasteiger partial charge in [-0.2, -0.15) is 0 Å². The van der Waals surface area contributed by atoms with Crippen molar-refractivity contribution in [3.05, 3.63) is 0 Å². The van der Waals surface area contributed by atoms with Crippen molar-refractivity contribution in [3.8, 4) is 0 Å². The van der Waals surface area contributed by atoms with Gasteiger partial charge in [-0.1, -0.05) is 13.8 Å². The van der Waals surface area contributed by atoms with Gasteiger partial charge in [0.15, 0.2) is 0 Å². The van der Waals surface area contributed by atoms with E-state index in [4.69, 9.17) is 9.84 Å². The van der Waals surface area contributed by atoms with Gasteiger partial charge in [-0.25, -0.2) is 0 Å². The Hall–Kier alpha value is -1.14. The lowest BCUT2D eigenvalue weighted by Gasteiger charge is -2.25. The highest BCUT2D eigenvalue weighted by Gasteiger charge is 2.15. The lowest BCUT2D eigenvalue weighted by Crippen LogP contribution is -2.41. The molecule has 18 heavy (non-hydrogen) atoms. The van der Waals surface area contributed by atoms with Crippen molar-refractivity contribution in [3.63, 3.8) is 0 Å². The number of carboxylic acid groups (broad SMARTS) is 1. The zero-order chi connectivity index (χ0) is 14.0. The van der Waals surface area contributed by atoms with Crippen LogP contribution in [0.15, 0.2) is 0 Å². The summed E-state index contributed by atoms with van der Waals surface area (Å²) in [5.74, 6) is -1.06. The number of carbonyl (C=O) groups excluding carboxylic acids is 1. The maximum atomic E-state index is 11.7. The highest BCUT2D eigenvalue weighted by atomic mass is 16.5. The number of carboxylic acids is 1. The van der Waals surface area contributed by atoms with Crippen molar-refractivity contribution in [2.75, 3.05) is 46.4 Å². The number of hydrogen-bond acceptors (Lipinski definition) is 4. The Kier molecular flexibility index (Phi) is 9.22. The van der Waals surface area contributed by atoms with Gasteiger partial charge in [-0.15, -0.1) is 0 Å². The number of aliphatic carboxylic acids is 1. The molecule has 0 rings (SSSR count). The lowest BCUT2D eigenvalue weighted by molar-refractivity contribution is -0.139. The molecule has 106 valence electrons. The Morgan fingerprint density at radius 3 is 2.17 bits per heavy atom. The molecule has 1 amide bonds. The third-order valence-electron chi connectivity index (χ3n) is 2.80. The van der Waals surface area contributed by atoms with Gasteiger partial charge in [0.05, 0.1) is 6.42 Å². The second-order valence-electron chi connectivity index (χ2n) is 3.98. The predicted molar refractivity (Wildman–Crippen MR) is 68.5 cm³/mol. The van der Waals surface area contributed by atoms with Crippen LogP contribution < -0.4 is 0 Å². The minimum Gasteiger partial charge on any atom is -0.481 e. The smallest absolute Gasteiger partial charge is 0.305 e. The standard InChI is InChI=1S/C12H24N2O4/c1-4-13(5-2)8-9-14(7-6-12(16)17)11(15)10-18-3/h4-10H2,1-3H3,(H,16,17). The molecule has 0 atom stereocenters. The molecule has 0 aromatic heterocycles. The topological polar surface area (TPSA) is 70.1 Å². The molecular formula is C12H24N2O4. The third-order valence-corrected chi connectivity index (χ3v) is 2.80. The first-order valence-corrected chi connectivity index (χ1v) is 6.25. The molecular weight excluding hydrogens is 236 g/mol. The number of ether oxygens (including phenoxy) is 1. The second-order valence-corrected chi connectivity index (χ2v) is 3.98. The van der Waals surface area contributed by atoms with E-state index in [9.17, 15) is 9.59 Å². The van der Waals surface area contributed by atoms with Crippen molar-refractivity contribution in [2.24, 2.45) is 0 Å². The van der Waals surface area contributed by atoms with Gasteiger partial charge in [0.25, 0.3) is 0 Å². The molecule has 0 saturated carbocycles. The molecule has 6 nitrogen and oxygen atoms in total. The second kappa shape index (κ2) is 9.85. The largest absolute Gasteiger partial charge is 0.481 e. The molecule has 0 aliphatic rings. The minimum atomic E-state index is -0.895. The zero-order valence-electron chi connectivity index (χ0n) is 11.5. The van der Waals surface area contributed by atoms with E-state index in [1.54, 1.807) is 4.90 Å². The minimum absolute atomic E-state index is 0.00211. The Morgan fingerprint density at radius 2 is 1.72 bits per heavy atom. The maximum Gasteiger partial charge on any atom is 0.305 e. The van der Waals surface area contributed by atoms with Gasteiger partial charge in [-0.05, 0) is 13.1 Å². The SMILES string of the molecule is CCN(CC)CCN(CCC(=O)O)C(=O)COC. The van der Waals surface area contributed by atoms with Gasteiger partial charge in [0, 0.05) is 26.7 Å². The number of hydrogen-bond donors (Lipinski definition) is 1. The summed E-state index contributed by atoms with van der Waals surface area (Å²) in [6.45, 7) is 7.48. The fraction of sp³-hybridized carbons (Fsp3) is 0.833. The van der Waals surface area contributed by atoms with Gasteiger partial charge in [0.2, 0.25) is 5.91 Å². The maximum absolute atomic E-state index is 11.7. The highest BCUT2D eigenvalue weighted by molar-refractivity contribution is 5.78. The summed E-state index contributed by atoms with van der Waals surface area (Å²) in [7, 11) is 1.46. The number of methoxy groups -OCH3 is 1. The van der Waals surface area contributed by atoms with E-state index in [-0.39, 0.29) is 25.5 Å². The Balaban J connectivity index is 4.27. The molecule has 0 fully saturated rings. The van der Waals surface area contributed by atoms with Crippen molar-refractivity contribution in [2.45, 2.75) is 20.3 Å². The van der Waals surface area contributed by atoms with E-state index >= 15 is 0 Å². The van der Waals surface area contributed by atoms with Crippen molar-refractivity contribution in [1.82, 2.24) is 9.80 Å². The van der Waals surface area contributed by atoms with Crippen molar-refractivity contribution < 1.29 is 19.4 Å². The number of rotatable bonds is 10. The zero-order valence-corrected chi connectivity index (χ0v) is 11.5. The van der Waals surface area contributed by atoms with E-state index in [1.807, 2.05) is 0 Å². The van der Waals surface area contributed by atoms with Crippen LogP contribution in [0.4, 0.5) is 0 Å². The van der Waals surface area contributed by atoms with Gasteiger partial charge in [0.1, 0.15) is 6.61 Å². The quantitative estimate of drug-likeness (QED) is 0.611. The van der Waals surface area contributed by atoms with E-state index in [2.05, 4.69) is 18.7 Å². The summed E-state index contributed by atoms with van der Waals surface area (Å²) in [5, 5.41) is 8.66. The van der Waals surface area contributed by atoms with E-state index in [0.717, 1.165) is 19.6 Å². The molecule has 0 heterocycles. The van der Waals surface area contributed by atoms with Crippen LogP contribution in [-0.2, 0) is 14.3 Å². The van der Waals surface area contributed by atoms with E-state index in [1.165, 1.54) is 7.11 Å². The monoisotopic (exact) mass is 260 g/mol. The third kappa shape index (κ3) is 7.24.